The van der Waals surface area contributed by atoms with Gasteiger partial charge in [0.2, 0.25) is 0 Å². The zero-order chi connectivity index (χ0) is 15.5. The van der Waals surface area contributed by atoms with Crippen LogP contribution in [0.1, 0.15) is 11.3 Å². The molecule has 0 radical (unpaired) electrons. The highest BCUT2D eigenvalue weighted by Crippen LogP contribution is 2.36. The van der Waals surface area contributed by atoms with E-state index in [9.17, 15) is 18.0 Å². The number of benzene rings is 1. The van der Waals surface area contributed by atoms with Crippen LogP contribution in [0.2, 0.25) is 0 Å². The highest BCUT2D eigenvalue weighted by molar-refractivity contribution is 14.1. The van der Waals surface area contributed by atoms with E-state index in [2.05, 4.69) is 10.3 Å². The van der Waals surface area contributed by atoms with Crippen molar-refractivity contribution >= 4 is 45.2 Å². The summed E-state index contributed by atoms with van der Waals surface area (Å²) in [5.41, 5.74) is -0.233. The lowest BCUT2D eigenvalue weighted by Gasteiger charge is -2.04. The van der Waals surface area contributed by atoms with Crippen molar-refractivity contribution in [2.45, 2.75) is 12.8 Å². The molecule has 0 aliphatic rings. The van der Waals surface area contributed by atoms with Crippen LogP contribution < -0.4 is 5.32 Å². The summed E-state index contributed by atoms with van der Waals surface area (Å²) >= 11 is 2.26. The molecule has 0 bridgehead atoms. The molecule has 2 aromatic rings. The second-order valence-corrected chi connectivity index (χ2v) is 6.64. The maximum atomic E-state index is 12.6. The fourth-order valence-corrected chi connectivity index (χ4v) is 3.13. The first-order valence-corrected chi connectivity index (χ1v) is 7.47. The van der Waals surface area contributed by atoms with Crippen molar-refractivity contribution in [1.29, 1.82) is 0 Å². The minimum atomic E-state index is -4.54. The van der Waals surface area contributed by atoms with Crippen molar-refractivity contribution in [2.24, 2.45) is 0 Å². The van der Waals surface area contributed by atoms with E-state index >= 15 is 0 Å². The van der Waals surface area contributed by atoms with Crippen LogP contribution in [0, 0.1) is 2.88 Å². The fraction of sp³-hybridized carbons (Fsp3) is 0.167. The lowest BCUT2D eigenvalue weighted by molar-refractivity contribution is -0.141. The first kappa shape index (κ1) is 16.0. The van der Waals surface area contributed by atoms with Gasteiger partial charge in [-0.1, -0.05) is 41.7 Å². The van der Waals surface area contributed by atoms with E-state index in [0.29, 0.717) is 0 Å². The Hall–Kier alpha value is -1.36. The van der Waals surface area contributed by atoms with Crippen molar-refractivity contribution < 1.29 is 22.7 Å². The van der Waals surface area contributed by atoms with Gasteiger partial charge in [-0.2, -0.15) is 13.2 Å². The molecule has 4 nitrogen and oxygen atoms in total. The van der Waals surface area contributed by atoms with Crippen LogP contribution in [0.4, 0.5) is 23.1 Å². The minimum Gasteiger partial charge on any atom is -0.444 e. The number of thiazole rings is 1. The zero-order valence-corrected chi connectivity index (χ0v) is 13.3. The summed E-state index contributed by atoms with van der Waals surface area (Å²) in [5, 5.41) is 2.04. The first-order valence-electron chi connectivity index (χ1n) is 5.57. The molecule has 112 valence electrons. The number of aromatic nitrogens is 1. The number of nitrogens with zero attached hydrogens (tertiary/aromatic N) is 1. The van der Waals surface area contributed by atoms with Crippen LogP contribution in [-0.2, 0) is 17.5 Å². The largest absolute Gasteiger partial charge is 0.444 e. The minimum absolute atomic E-state index is 0.0290. The van der Waals surface area contributed by atoms with E-state index in [1.807, 2.05) is 6.07 Å². The molecule has 0 saturated heterocycles. The van der Waals surface area contributed by atoms with E-state index < -0.39 is 18.0 Å². The molecule has 9 heteroatoms. The number of nitrogens with one attached hydrogen (secondary N) is 1. The maximum absolute atomic E-state index is 12.6. The van der Waals surface area contributed by atoms with E-state index in [-0.39, 0.29) is 14.6 Å². The summed E-state index contributed by atoms with van der Waals surface area (Å²) in [5.74, 6) is 0. The maximum Gasteiger partial charge on any atom is 0.435 e. The lowest BCUT2D eigenvalue weighted by atomic mass is 10.2. The Morgan fingerprint density at radius 2 is 2.00 bits per heavy atom. The van der Waals surface area contributed by atoms with Gasteiger partial charge in [-0.3, -0.25) is 5.32 Å². The number of rotatable bonds is 3. The third-order valence-electron chi connectivity index (χ3n) is 2.28. The van der Waals surface area contributed by atoms with E-state index in [0.717, 1.165) is 16.9 Å². The summed E-state index contributed by atoms with van der Waals surface area (Å²) in [6.45, 7) is 0.0290. The van der Waals surface area contributed by atoms with Gasteiger partial charge in [0.15, 0.2) is 10.8 Å². The molecule has 0 spiro atoms. The Kier molecular flexibility index (Phi) is 5.04. The van der Waals surface area contributed by atoms with E-state index in [1.165, 1.54) is 22.6 Å². The number of ether oxygens (including phenoxy) is 1. The molecule has 0 fully saturated rings. The van der Waals surface area contributed by atoms with Crippen LogP contribution >= 0.6 is 33.9 Å². The Bertz CT molecular complexity index is 631. The number of alkyl halides is 3. The van der Waals surface area contributed by atoms with Crippen molar-refractivity contribution in [2.75, 3.05) is 5.32 Å². The molecule has 1 amide bonds. The lowest BCUT2D eigenvalue weighted by Crippen LogP contribution is -2.14. The Labute approximate surface area is 135 Å². The molecule has 1 N–H and O–H groups in total. The molecule has 1 heterocycles. The number of hydrogen-bond donors (Lipinski definition) is 1. The average molecular weight is 428 g/mol. The third kappa shape index (κ3) is 4.56. The number of amides is 1. The van der Waals surface area contributed by atoms with Crippen LogP contribution in [0.15, 0.2) is 30.3 Å². The molecule has 1 aromatic heterocycles. The normalized spacial score (nSPS) is 11.2. The summed E-state index contributed by atoms with van der Waals surface area (Å²) in [4.78, 5) is 14.9. The second-order valence-electron chi connectivity index (χ2n) is 3.83. The highest BCUT2D eigenvalue weighted by atomic mass is 127. The predicted octanol–water partition coefficient (Wildman–Crippen LogP) is 4.52. The molecule has 0 saturated carbocycles. The van der Waals surface area contributed by atoms with Gasteiger partial charge >= 0.3 is 12.3 Å². The third-order valence-corrected chi connectivity index (χ3v) is 4.21. The molecule has 0 atom stereocenters. The average Bonchev–Trinajstić information content (AvgIpc) is 2.78. The molecule has 0 unspecified atom stereocenters. The summed E-state index contributed by atoms with van der Waals surface area (Å²) in [6.07, 6.45) is -5.39. The predicted molar refractivity (Wildman–Crippen MR) is 80.1 cm³/mol. The first-order chi connectivity index (χ1) is 9.86. The molecule has 2 rings (SSSR count). The van der Waals surface area contributed by atoms with E-state index in [4.69, 9.17) is 4.74 Å². The second kappa shape index (κ2) is 6.60. The number of hydrogen-bond acceptors (Lipinski definition) is 4. The monoisotopic (exact) mass is 428 g/mol. The molecule has 21 heavy (non-hydrogen) atoms. The SMILES string of the molecule is O=C(Nc1nc(C(F)(F)F)c(I)s1)OCc1ccccc1. The molecule has 0 aliphatic heterocycles. The number of carbonyl (C=O) groups is 1. The van der Waals surface area contributed by atoms with Gasteiger partial charge in [0.05, 0.1) is 2.88 Å². The van der Waals surface area contributed by atoms with Gasteiger partial charge < -0.3 is 4.74 Å². The van der Waals surface area contributed by atoms with Crippen LogP contribution in [0.3, 0.4) is 0 Å². The van der Waals surface area contributed by atoms with Gasteiger partial charge in [-0.25, -0.2) is 9.78 Å². The quantitative estimate of drug-likeness (QED) is 0.732. The van der Waals surface area contributed by atoms with Gasteiger partial charge in [0.1, 0.15) is 6.61 Å². The number of halogens is 4. The molecular weight excluding hydrogens is 420 g/mol. The Morgan fingerprint density at radius 1 is 1.33 bits per heavy atom. The fourth-order valence-electron chi connectivity index (χ4n) is 1.38. The van der Waals surface area contributed by atoms with Crippen LogP contribution in [-0.4, -0.2) is 11.1 Å². The summed E-state index contributed by atoms with van der Waals surface area (Å²) in [6, 6.07) is 8.92. The topological polar surface area (TPSA) is 51.2 Å². The summed E-state index contributed by atoms with van der Waals surface area (Å²) in [7, 11) is 0. The molecule has 0 aliphatic carbocycles. The Morgan fingerprint density at radius 3 is 2.57 bits per heavy atom. The van der Waals surface area contributed by atoms with Gasteiger partial charge in [0.25, 0.3) is 0 Å². The number of carbonyl (C=O) groups excluding carboxylic acids is 1. The number of anilines is 1. The zero-order valence-electron chi connectivity index (χ0n) is 10.3. The van der Waals surface area contributed by atoms with Crippen molar-refractivity contribution in [3.05, 3.63) is 44.5 Å². The van der Waals surface area contributed by atoms with Crippen LogP contribution in [0.5, 0.6) is 0 Å². The van der Waals surface area contributed by atoms with Crippen molar-refractivity contribution in [3.63, 3.8) is 0 Å². The molecular formula is C12H8F3IN2O2S. The smallest absolute Gasteiger partial charge is 0.435 e. The van der Waals surface area contributed by atoms with Crippen molar-refractivity contribution in [1.82, 2.24) is 4.98 Å². The Balaban J connectivity index is 1.94. The summed E-state index contributed by atoms with van der Waals surface area (Å²) < 4.78 is 42.5. The van der Waals surface area contributed by atoms with Crippen molar-refractivity contribution in [3.8, 4) is 0 Å². The molecule has 1 aromatic carbocycles. The van der Waals surface area contributed by atoms with E-state index in [1.54, 1.807) is 24.3 Å². The standard InChI is InChI=1S/C12H8F3IN2O2S/c13-12(14,15)8-9(16)21-10(17-8)18-11(19)20-6-7-4-2-1-3-5-7/h1-5H,6H2,(H,17,18,19). The van der Waals surface area contributed by atoms with Gasteiger partial charge in [-0.15, -0.1) is 0 Å². The van der Waals surface area contributed by atoms with Gasteiger partial charge in [-0.05, 0) is 28.2 Å². The highest BCUT2D eigenvalue weighted by Gasteiger charge is 2.37. The van der Waals surface area contributed by atoms with Gasteiger partial charge in [0, 0.05) is 0 Å². The van der Waals surface area contributed by atoms with Crippen LogP contribution in [0.25, 0.3) is 0 Å².